The number of aryl methyl sites for hydroxylation is 1. The van der Waals surface area contributed by atoms with Crippen molar-refractivity contribution in [2.45, 2.75) is 24.7 Å². The second-order valence-corrected chi connectivity index (χ2v) is 8.38. The van der Waals surface area contributed by atoms with Crippen LogP contribution in [0.5, 0.6) is 0 Å². The van der Waals surface area contributed by atoms with E-state index < -0.39 is 15.9 Å². The van der Waals surface area contributed by atoms with Gasteiger partial charge in [0.1, 0.15) is 0 Å². The van der Waals surface area contributed by atoms with E-state index in [9.17, 15) is 13.2 Å². The molecule has 1 amide bonds. The summed E-state index contributed by atoms with van der Waals surface area (Å²) in [5, 5.41) is 20.4. The zero-order valence-electron chi connectivity index (χ0n) is 15.9. The number of carbonyl (C=O) groups excluding carboxylic acids is 1. The first-order valence-corrected chi connectivity index (χ1v) is 10.3. The molecule has 2 aromatic carbocycles. The summed E-state index contributed by atoms with van der Waals surface area (Å²) in [6.07, 6.45) is 0.240. The van der Waals surface area contributed by atoms with Crippen molar-refractivity contribution in [1.82, 2.24) is 9.79 Å². The van der Waals surface area contributed by atoms with Crippen molar-refractivity contribution in [2.75, 3.05) is 13.1 Å². The lowest BCUT2D eigenvalue weighted by molar-refractivity contribution is -0.129. The number of rotatable bonds is 9. The molecular weight excluding hydrogens is 396 g/mol. The van der Waals surface area contributed by atoms with E-state index in [1.165, 1.54) is 34.1 Å². The van der Waals surface area contributed by atoms with E-state index in [0.717, 1.165) is 11.1 Å². The molecule has 0 aromatic heterocycles. The van der Waals surface area contributed by atoms with Crippen molar-refractivity contribution in [2.24, 2.45) is 10.9 Å². The third-order valence-electron chi connectivity index (χ3n) is 4.36. The number of oxime groups is 1. The molecule has 0 aliphatic carbocycles. The van der Waals surface area contributed by atoms with E-state index in [1.807, 2.05) is 31.2 Å². The van der Waals surface area contributed by atoms with Crippen LogP contribution in [-0.2, 0) is 21.2 Å². The van der Waals surface area contributed by atoms with Gasteiger partial charge in [-0.3, -0.25) is 10.0 Å². The molecule has 0 radical (unpaired) electrons. The Morgan fingerprint density at radius 1 is 1.17 bits per heavy atom. The van der Waals surface area contributed by atoms with Gasteiger partial charge in [0.15, 0.2) is 5.84 Å². The van der Waals surface area contributed by atoms with E-state index in [2.05, 4.69) is 5.16 Å². The van der Waals surface area contributed by atoms with Gasteiger partial charge in [-0.05, 0) is 31.0 Å². The number of benzene rings is 2. The lowest BCUT2D eigenvalue weighted by Crippen LogP contribution is -2.36. The average Bonchev–Trinajstić information content (AvgIpc) is 2.73. The summed E-state index contributed by atoms with van der Waals surface area (Å²) in [5.41, 5.74) is 9.36. The number of hydroxylamine groups is 1. The number of nitrogens with two attached hydrogens (primary N) is 1. The largest absolute Gasteiger partial charge is 0.409 e. The van der Waals surface area contributed by atoms with Crippen LogP contribution in [0.1, 0.15) is 23.1 Å². The summed E-state index contributed by atoms with van der Waals surface area (Å²) < 4.78 is 27.5. The highest BCUT2D eigenvalue weighted by atomic mass is 32.2. The van der Waals surface area contributed by atoms with Crippen molar-refractivity contribution < 1.29 is 23.6 Å². The number of amidine groups is 1. The Labute approximate surface area is 169 Å². The molecule has 0 aliphatic heterocycles. The number of carbonyl (C=O) groups is 1. The zero-order valence-corrected chi connectivity index (χ0v) is 16.8. The third kappa shape index (κ3) is 6.01. The summed E-state index contributed by atoms with van der Waals surface area (Å²) in [4.78, 5) is 11.4. The second kappa shape index (κ2) is 10.0. The van der Waals surface area contributed by atoms with Gasteiger partial charge in [0.25, 0.3) is 0 Å². The van der Waals surface area contributed by atoms with Crippen LogP contribution in [0.25, 0.3) is 0 Å². The summed E-state index contributed by atoms with van der Waals surface area (Å²) in [5.74, 6) is -0.904. The highest BCUT2D eigenvalue weighted by molar-refractivity contribution is 7.89. The topological polar surface area (TPSA) is 145 Å². The molecule has 0 spiro atoms. The van der Waals surface area contributed by atoms with E-state index in [4.69, 9.17) is 16.1 Å². The maximum absolute atomic E-state index is 13.2. The van der Waals surface area contributed by atoms with Crippen LogP contribution < -0.4 is 11.2 Å². The molecule has 2 rings (SSSR count). The molecule has 0 atom stereocenters. The fraction of sp³-hybridized carbons (Fsp3) is 0.263. The predicted octanol–water partition coefficient (Wildman–Crippen LogP) is 1.22. The van der Waals surface area contributed by atoms with E-state index in [1.54, 1.807) is 0 Å². The number of hydrogen-bond acceptors (Lipinski definition) is 6. The Hall–Kier alpha value is -2.95. The third-order valence-corrected chi connectivity index (χ3v) is 6.25. The van der Waals surface area contributed by atoms with Crippen LogP contribution in [0.2, 0.25) is 0 Å². The van der Waals surface area contributed by atoms with Gasteiger partial charge in [-0.15, -0.1) is 0 Å². The molecule has 29 heavy (non-hydrogen) atoms. The molecule has 0 heterocycles. The van der Waals surface area contributed by atoms with Gasteiger partial charge in [0, 0.05) is 25.1 Å². The van der Waals surface area contributed by atoms with Crippen LogP contribution in [0.15, 0.2) is 58.6 Å². The van der Waals surface area contributed by atoms with E-state index in [0.29, 0.717) is 6.42 Å². The summed E-state index contributed by atoms with van der Waals surface area (Å²) in [6, 6.07) is 13.4. The fourth-order valence-corrected chi connectivity index (χ4v) is 4.15. The molecule has 10 heteroatoms. The average molecular weight is 420 g/mol. The molecule has 0 saturated carbocycles. The molecular formula is C19H24N4O5S. The van der Waals surface area contributed by atoms with Crippen molar-refractivity contribution in [3.05, 3.63) is 65.2 Å². The maximum atomic E-state index is 13.2. The summed E-state index contributed by atoms with van der Waals surface area (Å²) >= 11 is 0. The van der Waals surface area contributed by atoms with E-state index >= 15 is 0 Å². The molecule has 0 unspecified atom stereocenters. The lowest BCUT2D eigenvalue weighted by Gasteiger charge is -2.22. The second-order valence-electron chi connectivity index (χ2n) is 6.44. The minimum atomic E-state index is -3.97. The number of nitrogens with zero attached hydrogens (tertiary/aromatic N) is 2. The van der Waals surface area contributed by atoms with Gasteiger partial charge in [-0.2, -0.15) is 4.31 Å². The SMILES string of the molecule is Cc1ccc(CCN(CCC(=O)NO)S(=O)(=O)c2cccc(/C(N)=N/O)c2)cc1. The van der Waals surface area contributed by atoms with Crippen LogP contribution in [0.3, 0.4) is 0 Å². The molecule has 0 aliphatic rings. The quantitative estimate of drug-likeness (QED) is 0.158. The predicted molar refractivity (Wildman–Crippen MR) is 107 cm³/mol. The molecule has 5 N–H and O–H groups in total. The minimum Gasteiger partial charge on any atom is -0.409 e. The Morgan fingerprint density at radius 2 is 1.86 bits per heavy atom. The lowest BCUT2D eigenvalue weighted by atomic mass is 10.1. The smallest absolute Gasteiger partial charge is 0.244 e. The molecule has 156 valence electrons. The van der Waals surface area contributed by atoms with Crippen molar-refractivity contribution >= 4 is 21.8 Å². The van der Waals surface area contributed by atoms with Crippen LogP contribution >= 0.6 is 0 Å². The first-order chi connectivity index (χ1) is 13.8. The maximum Gasteiger partial charge on any atom is 0.244 e. The zero-order chi connectivity index (χ0) is 21.4. The van der Waals surface area contributed by atoms with E-state index in [-0.39, 0.29) is 35.8 Å². The summed E-state index contributed by atoms with van der Waals surface area (Å²) in [7, 11) is -3.97. The number of nitrogens with one attached hydrogen (secondary N) is 1. The minimum absolute atomic E-state index is 0.0464. The Morgan fingerprint density at radius 3 is 2.48 bits per heavy atom. The fourth-order valence-electron chi connectivity index (χ4n) is 2.67. The first-order valence-electron chi connectivity index (χ1n) is 8.84. The van der Waals surface area contributed by atoms with Crippen molar-refractivity contribution in [3.63, 3.8) is 0 Å². The van der Waals surface area contributed by atoms with Gasteiger partial charge >= 0.3 is 0 Å². The van der Waals surface area contributed by atoms with Gasteiger partial charge in [0.2, 0.25) is 15.9 Å². The molecule has 2 aromatic rings. The standard InChI is InChI=1S/C19H24N4O5S/c1-14-5-7-15(8-6-14)9-11-23(12-10-18(24)21-25)29(27,28)17-4-2-3-16(13-17)19(20)22-26/h2-8,13,25-26H,9-12H2,1H3,(H2,20,22)(H,21,24). The van der Waals surface area contributed by atoms with Gasteiger partial charge in [-0.25, -0.2) is 13.9 Å². The molecule has 9 nitrogen and oxygen atoms in total. The summed E-state index contributed by atoms with van der Waals surface area (Å²) in [6.45, 7) is 1.98. The molecule has 0 saturated heterocycles. The highest BCUT2D eigenvalue weighted by Gasteiger charge is 2.25. The monoisotopic (exact) mass is 420 g/mol. The normalized spacial score (nSPS) is 12.2. The Bertz CT molecular complexity index is 974. The van der Waals surface area contributed by atoms with Gasteiger partial charge in [0.05, 0.1) is 4.90 Å². The number of hydrogen-bond donors (Lipinski definition) is 4. The Kier molecular flexibility index (Phi) is 7.71. The van der Waals surface area contributed by atoms with Crippen molar-refractivity contribution in [3.8, 4) is 0 Å². The molecule has 0 fully saturated rings. The first kappa shape index (κ1) is 22.3. The number of amides is 1. The van der Waals surface area contributed by atoms with Crippen LogP contribution in [-0.4, -0.2) is 48.0 Å². The molecule has 0 bridgehead atoms. The highest BCUT2D eigenvalue weighted by Crippen LogP contribution is 2.19. The van der Waals surface area contributed by atoms with Crippen LogP contribution in [0.4, 0.5) is 0 Å². The Balaban J connectivity index is 2.29. The van der Waals surface area contributed by atoms with Gasteiger partial charge < -0.3 is 10.9 Å². The van der Waals surface area contributed by atoms with Crippen LogP contribution in [0, 0.1) is 6.92 Å². The van der Waals surface area contributed by atoms with Gasteiger partial charge in [-0.1, -0.05) is 47.1 Å². The number of sulfonamides is 1. The van der Waals surface area contributed by atoms with Crippen molar-refractivity contribution in [1.29, 1.82) is 0 Å².